The number of ether oxygens (including phenoxy) is 2. The van der Waals surface area contributed by atoms with E-state index in [2.05, 4.69) is 15.6 Å². The molecular formula is C19H23N3O4. The number of pyridine rings is 1. The van der Waals surface area contributed by atoms with Gasteiger partial charge in [-0.3, -0.25) is 14.6 Å². The largest absolute Gasteiger partial charge is 0.493 e. The van der Waals surface area contributed by atoms with Crippen LogP contribution in [0.4, 0.5) is 5.69 Å². The molecule has 0 spiro atoms. The lowest BCUT2D eigenvalue weighted by atomic mass is 9.91. The number of carbonyl (C=O) groups excluding carboxylic acids is 2. The molecule has 7 nitrogen and oxygen atoms in total. The predicted molar refractivity (Wildman–Crippen MR) is 98.0 cm³/mol. The van der Waals surface area contributed by atoms with Gasteiger partial charge < -0.3 is 20.1 Å². The van der Waals surface area contributed by atoms with E-state index in [0.717, 1.165) is 5.56 Å². The molecule has 0 saturated heterocycles. The molecule has 0 saturated carbocycles. The van der Waals surface area contributed by atoms with E-state index in [1.54, 1.807) is 50.5 Å². The van der Waals surface area contributed by atoms with E-state index in [9.17, 15) is 9.59 Å². The van der Waals surface area contributed by atoms with Crippen molar-refractivity contribution in [3.8, 4) is 11.5 Å². The number of nitrogens with zero attached hydrogens (tertiary/aromatic N) is 1. The van der Waals surface area contributed by atoms with Gasteiger partial charge in [0.25, 0.3) is 0 Å². The van der Waals surface area contributed by atoms with Crippen LogP contribution in [0.3, 0.4) is 0 Å². The highest BCUT2D eigenvalue weighted by Crippen LogP contribution is 2.30. The van der Waals surface area contributed by atoms with E-state index in [0.29, 0.717) is 23.7 Å². The maximum atomic E-state index is 12.6. The molecule has 1 aromatic heterocycles. The van der Waals surface area contributed by atoms with Crippen molar-refractivity contribution in [3.63, 3.8) is 0 Å². The van der Waals surface area contributed by atoms with Gasteiger partial charge >= 0.3 is 0 Å². The molecule has 0 radical (unpaired) electrons. The summed E-state index contributed by atoms with van der Waals surface area (Å²) in [5.41, 5.74) is 0.118. The minimum atomic E-state index is -1.25. The van der Waals surface area contributed by atoms with E-state index in [-0.39, 0.29) is 5.91 Å². The zero-order valence-corrected chi connectivity index (χ0v) is 15.3. The molecule has 2 aromatic rings. The molecule has 0 fully saturated rings. The summed E-state index contributed by atoms with van der Waals surface area (Å²) in [6.45, 7) is 3.45. The van der Waals surface area contributed by atoms with Crippen molar-refractivity contribution < 1.29 is 19.1 Å². The Bertz CT molecular complexity index is 776. The first kappa shape index (κ1) is 19.2. The van der Waals surface area contributed by atoms with Crippen LogP contribution in [0, 0.1) is 5.41 Å². The van der Waals surface area contributed by atoms with Crippen LogP contribution in [0.25, 0.3) is 0 Å². The van der Waals surface area contributed by atoms with Crippen LogP contribution in [-0.2, 0) is 16.1 Å². The number of rotatable bonds is 7. The van der Waals surface area contributed by atoms with Gasteiger partial charge in [0.1, 0.15) is 5.41 Å². The van der Waals surface area contributed by atoms with Gasteiger partial charge in [-0.2, -0.15) is 0 Å². The molecule has 138 valence electrons. The van der Waals surface area contributed by atoms with Crippen molar-refractivity contribution in [2.45, 2.75) is 20.4 Å². The molecule has 2 rings (SSSR count). The molecule has 26 heavy (non-hydrogen) atoms. The lowest BCUT2D eigenvalue weighted by Gasteiger charge is -2.23. The molecule has 2 amide bonds. The van der Waals surface area contributed by atoms with Gasteiger partial charge in [-0.15, -0.1) is 0 Å². The first-order valence-electron chi connectivity index (χ1n) is 8.09. The molecule has 0 aliphatic rings. The zero-order valence-electron chi connectivity index (χ0n) is 15.3. The van der Waals surface area contributed by atoms with E-state index in [1.165, 1.54) is 14.2 Å². The van der Waals surface area contributed by atoms with Crippen molar-refractivity contribution in [3.05, 3.63) is 48.3 Å². The van der Waals surface area contributed by atoms with Gasteiger partial charge in [-0.1, -0.05) is 6.07 Å². The number of carbonyl (C=O) groups is 2. The summed E-state index contributed by atoms with van der Waals surface area (Å²) < 4.78 is 10.4. The number of hydrogen-bond donors (Lipinski definition) is 2. The number of aromatic nitrogens is 1. The SMILES string of the molecule is COc1ccc(NC(=O)C(C)(C)C(=O)NCc2cccnc2)cc1OC. The van der Waals surface area contributed by atoms with E-state index in [1.807, 2.05) is 6.07 Å². The third-order valence-electron chi connectivity index (χ3n) is 3.95. The van der Waals surface area contributed by atoms with Crippen LogP contribution in [-0.4, -0.2) is 31.0 Å². The Morgan fingerprint density at radius 2 is 1.81 bits per heavy atom. The molecule has 0 unspecified atom stereocenters. The summed E-state index contributed by atoms with van der Waals surface area (Å²) in [5, 5.41) is 5.50. The van der Waals surface area contributed by atoms with Crippen molar-refractivity contribution in [1.29, 1.82) is 0 Å². The Balaban J connectivity index is 2.03. The molecule has 2 N–H and O–H groups in total. The Hall–Kier alpha value is -3.09. The molecule has 1 aromatic carbocycles. The first-order chi connectivity index (χ1) is 12.4. The van der Waals surface area contributed by atoms with Crippen LogP contribution in [0.15, 0.2) is 42.7 Å². The number of nitrogens with one attached hydrogen (secondary N) is 2. The highest BCUT2D eigenvalue weighted by atomic mass is 16.5. The first-order valence-corrected chi connectivity index (χ1v) is 8.09. The zero-order chi connectivity index (χ0) is 19.2. The van der Waals surface area contributed by atoms with Crippen molar-refractivity contribution in [2.24, 2.45) is 5.41 Å². The van der Waals surface area contributed by atoms with Gasteiger partial charge in [-0.05, 0) is 37.6 Å². The van der Waals surface area contributed by atoms with Crippen LogP contribution in [0.5, 0.6) is 11.5 Å². The highest BCUT2D eigenvalue weighted by Gasteiger charge is 2.36. The highest BCUT2D eigenvalue weighted by molar-refractivity contribution is 6.09. The molecule has 0 bridgehead atoms. The van der Waals surface area contributed by atoms with E-state index < -0.39 is 11.3 Å². The Morgan fingerprint density at radius 3 is 2.42 bits per heavy atom. The fourth-order valence-electron chi connectivity index (χ4n) is 2.21. The minimum absolute atomic E-state index is 0.305. The fourth-order valence-corrected chi connectivity index (χ4v) is 2.21. The standard InChI is InChI=1S/C19H23N3O4/c1-19(2,17(23)21-12-13-6-5-9-20-11-13)18(24)22-14-7-8-15(25-3)16(10-14)26-4/h5-11H,12H2,1-4H3,(H,21,23)(H,22,24). The molecular weight excluding hydrogens is 334 g/mol. The third kappa shape index (κ3) is 4.50. The summed E-state index contributed by atoms with van der Waals surface area (Å²) in [6, 6.07) is 8.65. The van der Waals surface area contributed by atoms with E-state index >= 15 is 0 Å². The van der Waals surface area contributed by atoms with Crippen molar-refractivity contribution in [2.75, 3.05) is 19.5 Å². The quantitative estimate of drug-likeness (QED) is 0.743. The molecule has 0 aliphatic heterocycles. The predicted octanol–water partition coefficient (Wildman–Crippen LogP) is 2.38. The maximum absolute atomic E-state index is 12.6. The Morgan fingerprint density at radius 1 is 1.08 bits per heavy atom. The number of methoxy groups -OCH3 is 2. The average molecular weight is 357 g/mol. The Kier molecular flexibility index (Phi) is 6.16. The van der Waals surface area contributed by atoms with Crippen LogP contribution in [0.1, 0.15) is 19.4 Å². The van der Waals surface area contributed by atoms with Gasteiger partial charge in [-0.25, -0.2) is 0 Å². The van der Waals surface area contributed by atoms with Gasteiger partial charge in [0, 0.05) is 30.7 Å². The number of benzene rings is 1. The number of amides is 2. The molecule has 0 atom stereocenters. The number of anilines is 1. The normalized spacial score (nSPS) is 10.8. The average Bonchev–Trinajstić information content (AvgIpc) is 2.66. The smallest absolute Gasteiger partial charge is 0.239 e. The van der Waals surface area contributed by atoms with E-state index in [4.69, 9.17) is 9.47 Å². The molecule has 0 aliphatic carbocycles. The summed E-state index contributed by atoms with van der Waals surface area (Å²) in [7, 11) is 3.05. The van der Waals surface area contributed by atoms with Crippen LogP contribution in [0.2, 0.25) is 0 Å². The summed E-state index contributed by atoms with van der Waals surface area (Å²) in [6.07, 6.45) is 3.32. The second-order valence-electron chi connectivity index (χ2n) is 6.19. The minimum Gasteiger partial charge on any atom is -0.493 e. The summed E-state index contributed by atoms with van der Waals surface area (Å²) in [4.78, 5) is 29.0. The van der Waals surface area contributed by atoms with Crippen LogP contribution < -0.4 is 20.1 Å². The maximum Gasteiger partial charge on any atom is 0.239 e. The lowest BCUT2D eigenvalue weighted by Crippen LogP contribution is -2.44. The Labute approximate surface area is 152 Å². The third-order valence-corrected chi connectivity index (χ3v) is 3.95. The molecule has 1 heterocycles. The number of hydrogen-bond acceptors (Lipinski definition) is 5. The van der Waals surface area contributed by atoms with Gasteiger partial charge in [0.2, 0.25) is 11.8 Å². The fraction of sp³-hybridized carbons (Fsp3) is 0.316. The van der Waals surface area contributed by atoms with Crippen LogP contribution >= 0.6 is 0 Å². The second kappa shape index (κ2) is 8.33. The summed E-state index contributed by atoms with van der Waals surface area (Å²) >= 11 is 0. The second-order valence-corrected chi connectivity index (χ2v) is 6.19. The lowest BCUT2D eigenvalue weighted by molar-refractivity contribution is -0.138. The monoisotopic (exact) mass is 357 g/mol. The van der Waals surface area contributed by atoms with Crippen molar-refractivity contribution in [1.82, 2.24) is 10.3 Å². The summed E-state index contributed by atoms with van der Waals surface area (Å²) in [5.74, 6) is 0.246. The van der Waals surface area contributed by atoms with Gasteiger partial charge in [0.15, 0.2) is 11.5 Å². The molecule has 7 heteroatoms. The van der Waals surface area contributed by atoms with Gasteiger partial charge in [0.05, 0.1) is 14.2 Å². The van der Waals surface area contributed by atoms with Crippen molar-refractivity contribution >= 4 is 17.5 Å². The topological polar surface area (TPSA) is 89.5 Å².